The monoisotopic (exact) mass is 372 g/mol. The highest BCUT2D eigenvalue weighted by Gasteiger charge is 2.36. The van der Waals surface area contributed by atoms with Crippen LogP contribution in [0.4, 0.5) is 5.69 Å². The number of nitrogens with zero attached hydrogens (tertiary/aromatic N) is 1. The van der Waals surface area contributed by atoms with Gasteiger partial charge >= 0.3 is 5.97 Å². The maximum Gasteiger partial charge on any atom is 0.335 e. The third kappa shape index (κ3) is 4.36. The highest BCUT2D eigenvalue weighted by atomic mass is 16.4. The maximum atomic E-state index is 11.7. The molecule has 1 aromatic rings. The Balaban J connectivity index is 1.53. The average Bonchev–Trinajstić information content (AvgIpc) is 2.94. The molecule has 2 aliphatic rings. The number of amides is 2. The summed E-state index contributed by atoms with van der Waals surface area (Å²) in [6, 6.07) is 6.27. The third-order valence-electron chi connectivity index (χ3n) is 5.51. The quantitative estimate of drug-likeness (QED) is 0.522. The van der Waals surface area contributed by atoms with E-state index in [0.29, 0.717) is 12.2 Å². The number of rotatable bonds is 6. The Morgan fingerprint density at radius 2 is 1.67 bits per heavy atom. The molecule has 1 aliphatic carbocycles. The predicted molar refractivity (Wildman–Crippen MR) is 99.0 cm³/mol. The van der Waals surface area contributed by atoms with Gasteiger partial charge in [0.2, 0.25) is 0 Å². The molecule has 0 spiro atoms. The van der Waals surface area contributed by atoms with Crippen LogP contribution in [0.1, 0.15) is 43.0 Å². The van der Waals surface area contributed by atoms with Gasteiger partial charge in [-0.25, -0.2) is 4.79 Å². The van der Waals surface area contributed by atoms with Crippen LogP contribution in [0.3, 0.4) is 0 Å². The zero-order chi connectivity index (χ0) is 19.6. The first-order valence-corrected chi connectivity index (χ1v) is 9.13. The first-order chi connectivity index (χ1) is 12.8. The summed E-state index contributed by atoms with van der Waals surface area (Å²) >= 11 is 0. The van der Waals surface area contributed by atoms with Gasteiger partial charge in [0, 0.05) is 30.3 Å². The number of carbonyl (C=O) groups is 3. The second kappa shape index (κ2) is 7.52. The Kier molecular flexibility index (Phi) is 5.32. The van der Waals surface area contributed by atoms with Crippen molar-refractivity contribution in [2.75, 3.05) is 11.9 Å². The van der Waals surface area contributed by atoms with Gasteiger partial charge in [-0.05, 0) is 62.8 Å². The van der Waals surface area contributed by atoms with Gasteiger partial charge in [-0.2, -0.15) is 0 Å². The Hall–Kier alpha value is -2.67. The van der Waals surface area contributed by atoms with Crippen molar-refractivity contribution in [3.8, 4) is 0 Å². The van der Waals surface area contributed by atoms with E-state index >= 15 is 0 Å². The van der Waals surface area contributed by atoms with Gasteiger partial charge in [0.15, 0.2) is 0 Å². The molecule has 1 aromatic carbocycles. The Morgan fingerprint density at radius 3 is 2.19 bits per heavy atom. The van der Waals surface area contributed by atoms with E-state index in [1.54, 1.807) is 19.1 Å². The fourth-order valence-electron chi connectivity index (χ4n) is 3.87. The van der Waals surface area contributed by atoms with Gasteiger partial charge in [0.25, 0.3) is 11.8 Å². The van der Waals surface area contributed by atoms with E-state index in [1.807, 2.05) is 0 Å². The second-order valence-electron chi connectivity index (χ2n) is 7.49. The van der Waals surface area contributed by atoms with E-state index < -0.39 is 11.7 Å². The van der Waals surface area contributed by atoms with Crippen LogP contribution in [0, 0.1) is 11.8 Å². The van der Waals surface area contributed by atoms with Crippen LogP contribution < -0.4 is 5.32 Å². The number of carboxylic acids is 1. The van der Waals surface area contributed by atoms with Crippen molar-refractivity contribution in [1.29, 1.82) is 0 Å². The number of aromatic carboxylic acids is 1. The van der Waals surface area contributed by atoms with Gasteiger partial charge in [0.05, 0.1) is 5.56 Å². The van der Waals surface area contributed by atoms with Crippen LogP contribution in [0.2, 0.25) is 0 Å². The molecule has 144 valence electrons. The molecule has 27 heavy (non-hydrogen) atoms. The molecule has 3 rings (SSSR count). The minimum absolute atomic E-state index is 0.0241. The van der Waals surface area contributed by atoms with Gasteiger partial charge < -0.3 is 15.5 Å². The lowest BCUT2D eigenvalue weighted by molar-refractivity contribution is -0.137. The number of aliphatic hydroxyl groups is 1. The van der Waals surface area contributed by atoms with Crippen LogP contribution in [0.15, 0.2) is 36.4 Å². The molecule has 1 fully saturated rings. The topological polar surface area (TPSA) is 107 Å². The maximum absolute atomic E-state index is 11.7. The number of hydrogen-bond donors (Lipinski definition) is 3. The zero-order valence-electron chi connectivity index (χ0n) is 15.2. The molecular weight excluding hydrogens is 348 g/mol. The molecule has 1 unspecified atom stereocenters. The van der Waals surface area contributed by atoms with E-state index in [1.165, 1.54) is 29.2 Å². The zero-order valence-corrected chi connectivity index (χ0v) is 15.2. The first-order valence-electron chi connectivity index (χ1n) is 9.13. The molecule has 1 heterocycles. The molecule has 3 N–H and O–H groups in total. The fraction of sp³-hybridized carbons (Fsp3) is 0.450. The van der Waals surface area contributed by atoms with Crippen molar-refractivity contribution in [3.05, 3.63) is 42.0 Å². The number of hydrogen-bond acceptors (Lipinski definition) is 5. The molecule has 1 saturated carbocycles. The van der Waals surface area contributed by atoms with Gasteiger partial charge in [-0.3, -0.25) is 14.5 Å². The van der Waals surface area contributed by atoms with E-state index in [4.69, 9.17) is 5.11 Å². The van der Waals surface area contributed by atoms with E-state index in [-0.39, 0.29) is 29.2 Å². The summed E-state index contributed by atoms with van der Waals surface area (Å²) in [7, 11) is 0. The largest absolute Gasteiger partial charge is 0.478 e. The van der Waals surface area contributed by atoms with Crippen molar-refractivity contribution in [2.24, 2.45) is 11.8 Å². The van der Waals surface area contributed by atoms with E-state index in [0.717, 1.165) is 25.7 Å². The Morgan fingerprint density at radius 1 is 1.11 bits per heavy atom. The van der Waals surface area contributed by atoms with Gasteiger partial charge in [-0.1, -0.05) is 0 Å². The van der Waals surface area contributed by atoms with E-state index in [9.17, 15) is 19.5 Å². The summed E-state index contributed by atoms with van der Waals surface area (Å²) < 4.78 is 0. The second-order valence-corrected chi connectivity index (χ2v) is 7.49. The van der Waals surface area contributed by atoms with Crippen LogP contribution >= 0.6 is 0 Å². The molecule has 7 heteroatoms. The summed E-state index contributed by atoms with van der Waals surface area (Å²) in [5.74, 6) is -1.21. The normalized spacial score (nSPS) is 24.7. The fourth-order valence-corrected chi connectivity index (χ4v) is 3.87. The van der Waals surface area contributed by atoms with Gasteiger partial charge in [-0.15, -0.1) is 0 Å². The number of imide groups is 1. The van der Waals surface area contributed by atoms with Crippen molar-refractivity contribution in [2.45, 2.75) is 38.3 Å². The lowest BCUT2D eigenvalue weighted by atomic mass is 9.77. The van der Waals surface area contributed by atoms with Crippen LogP contribution in [-0.2, 0) is 9.59 Å². The summed E-state index contributed by atoms with van der Waals surface area (Å²) in [6.45, 7) is 2.16. The lowest BCUT2D eigenvalue weighted by Gasteiger charge is -2.39. The Labute approximate surface area is 157 Å². The van der Waals surface area contributed by atoms with Crippen LogP contribution in [0.5, 0.6) is 0 Å². The molecule has 0 bridgehead atoms. The SMILES string of the molecule is CC(O)(Nc1ccc(C(=O)O)cc1)C1CCC(CN2C(=O)C=CC2=O)CC1. The number of benzene rings is 1. The summed E-state index contributed by atoms with van der Waals surface area (Å²) in [5.41, 5.74) is -0.274. The molecule has 0 radical (unpaired) electrons. The Bertz CT molecular complexity index is 743. The third-order valence-corrected chi connectivity index (χ3v) is 5.51. The number of carboxylic acid groups (broad SMARTS) is 1. The summed E-state index contributed by atoms with van der Waals surface area (Å²) in [6.07, 6.45) is 5.83. The summed E-state index contributed by atoms with van der Waals surface area (Å²) in [5, 5.41) is 22.9. The summed E-state index contributed by atoms with van der Waals surface area (Å²) in [4.78, 5) is 35.6. The van der Waals surface area contributed by atoms with Gasteiger partial charge in [0.1, 0.15) is 5.72 Å². The first kappa shape index (κ1) is 19.1. The molecule has 1 atom stereocenters. The van der Waals surface area contributed by atoms with E-state index in [2.05, 4.69) is 5.32 Å². The highest BCUT2D eigenvalue weighted by Crippen LogP contribution is 2.36. The number of nitrogens with one attached hydrogen (secondary N) is 1. The molecule has 1 aliphatic heterocycles. The number of anilines is 1. The smallest absolute Gasteiger partial charge is 0.335 e. The standard InChI is InChI=1S/C20H24N2O5/c1-20(27,21-16-8-4-14(5-9-16)19(25)26)15-6-2-13(3-7-15)12-22-17(23)10-11-18(22)24/h4-5,8-11,13,15,21,27H,2-3,6-7,12H2,1H3,(H,25,26). The molecule has 0 saturated heterocycles. The predicted octanol–water partition coefficient (Wildman–Crippen LogP) is 2.24. The molecule has 0 aromatic heterocycles. The van der Waals surface area contributed by atoms with Crippen LogP contribution in [-0.4, -0.2) is 45.2 Å². The van der Waals surface area contributed by atoms with Crippen molar-refractivity contribution in [3.63, 3.8) is 0 Å². The lowest BCUT2D eigenvalue weighted by Crippen LogP contribution is -2.45. The molecule has 7 nitrogen and oxygen atoms in total. The highest BCUT2D eigenvalue weighted by molar-refractivity contribution is 6.12. The van der Waals surface area contributed by atoms with Crippen molar-refractivity contribution >= 4 is 23.5 Å². The molecular formula is C20H24N2O5. The average molecular weight is 372 g/mol. The van der Waals surface area contributed by atoms with Crippen LogP contribution in [0.25, 0.3) is 0 Å². The molecule has 2 amide bonds. The van der Waals surface area contributed by atoms with Crippen molar-refractivity contribution < 1.29 is 24.6 Å². The van der Waals surface area contributed by atoms with Crippen molar-refractivity contribution in [1.82, 2.24) is 4.90 Å². The minimum atomic E-state index is -1.13. The number of carbonyl (C=O) groups excluding carboxylic acids is 2. The minimum Gasteiger partial charge on any atom is -0.478 e.